The first-order valence-electron chi connectivity index (χ1n) is 8.24. The van der Waals surface area contributed by atoms with Gasteiger partial charge in [-0.15, -0.1) is 0 Å². The summed E-state index contributed by atoms with van der Waals surface area (Å²) < 4.78 is 0. The standard InChI is InChI=1S/C18H21N3O3/c1-3-20(2)17(23)14-15(18(24)21-10-6-7-11-21)19-13-9-5-4-8-12(13)16(14)22/h4-5,8-9H,3,6-7,10-11H2,1-2H3,(H,19,22). The Labute approximate surface area is 140 Å². The quantitative estimate of drug-likeness (QED) is 0.935. The van der Waals surface area contributed by atoms with Crippen LogP contribution in [0.25, 0.3) is 10.9 Å². The van der Waals surface area contributed by atoms with E-state index in [-0.39, 0.29) is 17.2 Å². The number of hydrogen-bond acceptors (Lipinski definition) is 3. The molecule has 3 rings (SSSR count). The van der Waals surface area contributed by atoms with Gasteiger partial charge in [0.05, 0.1) is 0 Å². The molecule has 2 heterocycles. The van der Waals surface area contributed by atoms with Gasteiger partial charge in [0.2, 0.25) is 5.43 Å². The average Bonchev–Trinajstić information content (AvgIpc) is 3.14. The Morgan fingerprint density at radius 3 is 2.54 bits per heavy atom. The fourth-order valence-electron chi connectivity index (χ4n) is 3.01. The maximum absolute atomic E-state index is 12.9. The molecule has 1 aliphatic rings. The summed E-state index contributed by atoms with van der Waals surface area (Å²) in [7, 11) is 1.63. The summed E-state index contributed by atoms with van der Waals surface area (Å²) in [5.74, 6) is -0.699. The van der Waals surface area contributed by atoms with Crippen molar-refractivity contribution in [1.82, 2.24) is 14.8 Å². The third kappa shape index (κ3) is 2.68. The van der Waals surface area contributed by atoms with Gasteiger partial charge in [-0.2, -0.15) is 0 Å². The van der Waals surface area contributed by atoms with Crippen LogP contribution >= 0.6 is 0 Å². The maximum Gasteiger partial charge on any atom is 0.271 e. The van der Waals surface area contributed by atoms with E-state index >= 15 is 0 Å². The van der Waals surface area contributed by atoms with Gasteiger partial charge in [0, 0.05) is 37.6 Å². The van der Waals surface area contributed by atoms with E-state index in [1.807, 2.05) is 6.92 Å². The first-order valence-corrected chi connectivity index (χ1v) is 8.24. The number of carbonyl (C=O) groups is 2. The fraction of sp³-hybridized carbons (Fsp3) is 0.389. The van der Waals surface area contributed by atoms with E-state index in [9.17, 15) is 14.4 Å². The molecule has 2 amide bonds. The van der Waals surface area contributed by atoms with Gasteiger partial charge in [0.15, 0.2) is 0 Å². The predicted molar refractivity (Wildman–Crippen MR) is 92.3 cm³/mol. The average molecular weight is 327 g/mol. The molecular formula is C18H21N3O3. The van der Waals surface area contributed by atoms with E-state index in [1.165, 1.54) is 4.90 Å². The van der Waals surface area contributed by atoms with E-state index in [2.05, 4.69) is 4.98 Å². The molecule has 1 aliphatic heterocycles. The summed E-state index contributed by atoms with van der Waals surface area (Å²) in [5, 5.41) is 0.420. The summed E-state index contributed by atoms with van der Waals surface area (Å²) in [6, 6.07) is 6.95. The van der Waals surface area contributed by atoms with Gasteiger partial charge in [-0.05, 0) is 31.9 Å². The molecule has 0 bridgehead atoms. The van der Waals surface area contributed by atoms with Crippen molar-refractivity contribution in [2.24, 2.45) is 0 Å². The predicted octanol–water partition coefficient (Wildman–Crippen LogP) is 1.86. The van der Waals surface area contributed by atoms with Crippen LogP contribution in [0.1, 0.15) is 40.6 Å². The Hall–Kier alpha value is -2.63. The minimum atomic E-state index is -0.424. The molecule has 0 saturated carbocycles. The molecule has 0 spiro atoms. The zero-order valence-electron chi connectivity index (χ0n) is 14.0. The molecule has 2 aromatic rings. The number of para-hydroxylation sites is 1. The molecule has 1 N–H and O–H groups in total. The lowest BCUT2D eigenvalue weighted by atomic mass is 10.1. The van der Waals surface area contributed by atoms with E-state index in [1.54, 1.807) is 36.2 Å². The van der Waals surface area contributed by atoms with Crippen molar-refractivity contribution in [3.8, 4) is 0 Å². The highest BCUT2D eigenvalue weighted by Crippen LogP contribution is 2.17. The first kappa shape index (κ1) is 16.2. The molecular weight excluding hydrogens is 306 g/mol. The van der Waals surface area contributed by atoms with Gasteiger partial charge in [0.25, 0.3) is 11.8 Å². The highest BCUT2D eigenvalue weighted by atomic mass is 16.2. The van der Waals surface area contributed by atoms with Crippen LogP contribution in [-0.2, 0) is 0 Å². The van der Waals surface area contributed by atoms with E-state index in [0.29, 0.717) is 30.5 Å². The lowest BCUT2D eigenvalue weighted by molar-refractivity contribution is 0.0753. The molecule has 126 valence electrons. The number of pyridine rings is 1. The minimum absolute atomic E-state index is 0.0602. The highest BCUT2D eigenvalue weighted by molar-refractivity contribution is 6.08. The number of fused-ring (bicyclic) bond motifs is 1. The molecule has 0 radical (unpaired) electrons. The van der Waals surface area contributed by atoms with Crippen LogP contribution in [-0.4, -0.2) is 53.3 Å². The molecule has 0 unspecified atom stereocenters. The topological polar surface area (TPSA) is 73.5 Å². The Morgan fingerprint density at radius 2 is 1.88 bits per heavy atom. The molecule has 1 aromatic heterocycles. The Bertz CT molecular complexity index is 850. The highest BCUT2D eigenvalue weighted by Gasteiger charge is 2.29. The molecule has 1 fully saturated rings. The zero-order valence-corrected chi connectivity index (χ0v) is 14.0. The number of nitrogens with zero attached hydrogens (tertiary/aromatic N) is 2. The second-order valence-corrected chi connectivity index (χ2v) is 6.07. The minimum Gasteiger partial charge on any atom is -0.350 e. The molecule has 6 heteroatoms. The van der Waals surface area contributed by atoms with Crippen LogP contribution < -0.4 is 5.43 Å². The number of aromatic amines is 1. The summed E-state index contributed by atoms with van der Waals surface area (Å²) in [6.45, 7) is 3.60. The Kier molecular flexibility index (Phi) is 4.38. The largest absolute Gasteiger partial charge is 0.350 e. The van der Waals surface area contributed by atoms with Gasteiger partial charge in [-0.25, -0.2) is 0 Å². The lowest BCUT2D eigenvalue weighted by Gasteiger charge is -2.20. The molecule has 0 aliphatic carbocycles. The van der Waals surface area contributed by atoms with Gasteiger partial charge in [-0.3, -0.25) is 14.4 Å². The summed E-state index contributed by atoms with van der Waals surface area (Å²) >= 11 is 0. The summed E-state index contributed by atoms with van der Waals surface area (Å²) in [4.78, 5) is 44.6. The van der Waals surface area contributed by atoms with Gasteiger partial charge in [0.1, 0.15) is 11.3 Å². The number of carbonyl (C=O) groups excluding carboxylic acids is 2. The SMILES string of the molecule is CCN(C)C(=O)c1c(C(=O)N2CCCC2)[nH]c2ccccc2c1=O. The van der Waals surface area contributed by atoms with Crippen LogP contribution in [0.2, 0.25) is 0 Å². The van der Waals surface area contributed by atoms with Crippen LogP contribution in [0.3, 0.4) is 0 Å². The van der Waals surface area contributed by atoms with Crippen molar-refractivity contribution < 1.29 is 9.59 Å². The molecule has 24 heavy (non-hydrogen) atoms. The van der Waals surface area contributed by atoms with E-state index in [0.717, 1.165) is 12.8 Å². The summed E-state index contributed by atoms with van der Waals surface area (Å²) in [5.41, 5.74) is 0.221. The molecule has 6 nitrogen and oxygen atoms in total. The van der Waals surface area contributed by atoms with Crippen molar-refractivity contribution >= 4 is 22.7 Å². The normalized spacial score (nSPS) is 14.2. The van der Waals surface area contributed by atoms with E-state index in [4.69, 9.17) is 0 Å². The van der Waals surface area contributed by atoms with Crippen LogP contribution in [0.5, 0.6) is 0 Å². The van der Waals surface area contributed by atoms with Crippen molar-refractivity contribution in [1.29, 1.82) is 0 Å². The lowest BCUT2D eigenvalue weighted by Crippen LogP contribution is -2.37. The second kappa shape index (κ2) is 6.47. The fourth-order valence-corrected chi connectivity index (χ4v) is 3.01. The van der Waals surface area contributed by atoms with Gasteiger partial charge < -0.3 is 14.8 Å². The Morgan fingerprint density at radius 1 is 1.21 bits per heavy atom. The van der Waals surface area contributed by atoms with Crippen LogP contribution in [0.15, 0.2) is 29.1 Å². The number of nitrogens with one attached hydrogen (secondary N) is 1. The maximum atomic E-state index is 12.9. The van der Waals surface area contributed by atoms with Crippen molar-refractivity contribution in [3.63, 3.8) is 0 Å². The van der Waals surface area contributed by atoms with Crippen molar-refractivity contribution in [2.45, 2.75) is 19.8 Å². The van der Waals surface area contributed by atoms with Crippen LogP contribution in [0.4, 0.5) is 0 Å². The molecule has 1 saturated heterocycles. The number of hydrogen-bond donors (Lipinski definition) is 1. The van der Waals surface area contributed by atoms with Crippen molar-refractivity contribution in [3.05, 3.63) is 45.7 Å². The third-order valence-corrected chi connectivity index (χ3v) is 4.55. The molecule has 1 aromatic carbocycles. The number of rotatable bonds is 3. The second-order valence-electron chi connectivity index (χ2n) is 6.07. The number of likely N-dealkylation sites (tertiary alicyclic amines) is 1. The monoisotopic (exact) mass is 327 g/mol. The first-order chi connectivity index (χ1) is 11.5. The van der Waals surface area contributed by atoms with Crippen molar-refractivity contribution in [2.75, 3.05) is 26.7 Å². The number of amides is 2. The van der Waals surface area contributed by atoms with Crippen LogP contribution in [0, 0.1) is 0 Å². The van der Waals surface area contributed by atoms with E-state index < -0.39 is 11.3 Å². The number of benzene rings is 1. The summed E-state index contributed by atoms with van der Waals surface area (Å²) in [6.07, 6.45) is 1.89. The third-order valence-electron chi connectivity index (χ3n) is 4.55. The Balaban J connectivity index is 2.23. The smallest absolute Gasteiger partial charge is 0.271 e. The molecule has 0 atom stereocenters. The van der Waals surface area contributed by atoms with Gasteiger partial charge >= 0.3 is 0 Å². The van der Waals surface area contributed by atoms with Gasteiger partial charge in [-0.1, -0.05) is 12.1 Å². The number of aromatic nitrogens is 1. The zero-order chi connectivity index (χ0) is 17.3. The number of H-pyrrole nitrogens is 1.